The number of benzene rings is 2. The summed E-state index contributed by atoms with van der Waals surface area (Å²) in [6.07, 6.45) is 1.94. The van der Waals surface area contributed by atoms with E-state index in [2.05, 4.69) is 10.3 Å². The number of halogens is 1. The maximum absolute atomic E-state index is 14.1. The lowest BCUT2D eigenvalue weighted by atomic mass is 10.1. The minimum atomic E-state index is -0.377. The van der Waals surface area contributed by atoms with Gasteiger partial charge in [0, 0.05) is 6.54 Å². The van der Waals surface area contributed by atoms with E-state index in [4.69, 9.17) is 15.1 Å². The van der Waals surface area contributed by atoms with Gasteiger partial charge >= 0.3 is 0 Å². The summed E-state index contributed by atoms with van der Waals surface area (Å²) in [5.74, 6) is 0.203. The molecule has 0 unspecified atom stereocenters. The van der Waals surface area contributed by atoms with Crippen LogP contribution in [0.3, 0.4) is 0 Å². The van der Waals surface area contributed by atoms with Gasteiger partial charge in [-0.3, -0.25) is 4.79 Å². The van der Waals surface area contributed by atoms with E-state index in [0.717, 1.165) is 0 Å². The van der Waals surface area contributed by atoms with E-state index in [-0.39, 0.29) is 29.7 Å². The van der Waals surface area contributed by atoms with Crippen molar-refractivity contribution in [2.45, 2.75) is 19.5 Å². The van der Waals surface area contributed by atoms with Crippen LogP contribution in [-0.2, 0) is 19.5 Å². The molecule has 3 aromatic heterocycles. The van der Waals surface area contributed by atoms with Crippen LogP contribution in [0.2, 0.25) is 0 Å². The quantitative estimate of drug-likeness (QED) is 0.424. The molecule has 0 spiro atoms. The van der Waals surface area contributed by atoms with E-state index < -0.39 is 0 Å². The van der Waals surface area contributed by atoms with Crippen molar-refractivity contribution < 1.29 is 13.6 Å². The van der Waals surface area contributed by atoms with E-state index in [0.29, 0.717) is 46.5 Å². The highest BCUT2D eigenvalue weighted by molar-refractivity contribution is 6.10. The summed E-state index contributed by atoms with van der Waals surface area (Å²) in [4.78, 5) is 22.5. The second-order valence-corrected chi connectivity index (χ2v) is 7.40. The number of nitrogens with two attached hydrogens (primary N) is 1. The number of hydrogen-bond donors (Lipinski definition) is 2. The fourth-order valence-electron chi connectivity index (χ4n) is 3.77. The minimum absolute atomic E-state index is 0.216. The molecule has 7 nitrogen and oxygen atoms in total. The molecule has 32 heavy (non-hydrogen) atoms. The topological polar surface area (TPSA) is 99.0 Å². The molecule has 0 saturated heterocycles. The molecule has 8 heteroatoms. The molecule has 0 aliphatic heterocycles. The lowest BCUT2D eigenvalue weighted by molar-refractivity contribution is 0.0950. The van der Waals surface area contributed by atoms with Crippen molar-refractivity contribution in [1.82, 2.24) is 19.9 Å². The number of para-hydroxylation sites is 2. The predicted molar refractivity (Wildman–Crippen MR) is 119 cm³/mol. The summed E-state index contributed by atoms with van der Waals surface area (Å²) in [5, 5.41) is 2.82. The van der Waals surface area contributed by atoms with E-state index in [9.17, 15) is 9.18 Å². The molecule has 0 atom stereocenters. The number of anilines is 1. The lowest BCUT2D eigenvalue weighted by Gasteiger charge is -2.09. The van der Waals surface area contributed by atoms with Crippen molar-refractivity contribution in [2.24, 2.45) is 0 Å². The van der Waals surface area contributed by atoms with Crippen LogP contribution in [-0.4, -0.2) is 20.4 Å². The molecular weight excluding hydrogens is 409 g/mol. The Morgan fingerprint density at radius 1 is 1.03 bits per heavy atom. The SMILES string of the molecule is Nc1c(C(=O)NCc2ccco2)c2nc3ccccc3nc2n1CCc1ccccc1F. The van der Waals surface area contributed by atoms with Crippen molar-refractivity contribution in [3.05, 3.63) is 89.6 Å². The number of nitrogen functional groups attached to an aromatic ring is 1. The summed E-state index contributed by atoms with van der Waals surface area (Å²) in [6.45, 7) is 0.565. The number of amides is 1. The van der Waals surface area contributed by atoms with E-state index in [1.807, 2.05) is 24.3 Å². The molecular formula is C24H20FN5O2. The first-order chi connectivity index (χ1) is 15.6. The minimum Gasteiger partial charge on any atom is -0.467 e. The Hall–Kier alpha value is -4.20. The smallest absolute Gasteiger partial charge is 0.257 e. The average molecular weight is 429 g/mol. The standard InChI is InChI=1S/C24H20FN5O2/c25-17-8-2-1-6-15(17)11-12-30-22(26)20(24(31)27-14-16-7-5-13-32-16)21-23(30)29-19-10-4-3-9-18(19)28-21/h1-10,13H,11-12,14,26H2,(H,27,31). The fraction of sp³-hybridized carbons (Fsp3) is 0.125. The molecule has 5 rings (SSSR count). The third-order valence-corrected chi connectivity index (χ3v) is 5.38. The maximum atomic E-state index is 14.1. The molecule has 2 aromatic carbocycles. The Morgan fingerprint density at radius 3 is 2.53 bits per heavy atom. The number of carbonyl (C=O) groups excluding carboxylic acids is 1. The van der Waals surface area contributed by atoms with Gasteiger partial charge in [-0.1, -0.05) is 30.3 Å². The van der Waals surface area contributed by atoms with Crippen LogP contribution >= 0.6 is 0 Å². The van der Waals surface area contributed by atoms with Gasteiger partial charge in [0.1, 0.15) is 28.5 Å². The molecule has 5 aromatic rings. The normalized spacial score (nSPS) is 11.3. The van der Waals surface area contributed by atoms with Crippen molar-refractivity contribution >= 4 is 33.9 Å². The Kier molecular flexibility index (Phi) is 5.03. The van der Waals surface area contributed by atoms with Crippen molar-refractivity contribution in [2.75, 3.05) is 5.73 Å². The molecule has 160 valence electrons. The van der Waals surface area contributed by atoms with Gasteiger partial charge in [-0.05, 0) is 42.3 Å². The first-order valence-corrected chi connectivity index (χ1v) is 10.2. The first kappa shape index (κ1) is 19.7. The molecule has 0 bridgehead atoms. The fourth-order valence-corrected chi connectivity index (χ4v) is 3.77. The lowest BCUT2D eigenvalue weighted by Crippen LogP contribution is -2.23. The number of aromatic nitrogens is 3. The number of fused-ring (bicyclic) bond motifs is 2. The van der Waals surface area contributed by atoms with Gasteiger partial charge in [-0.25, -0.2) is 14.4 Å². The summed E-state index contributed by atoms with van der Waals surface area (Å²) < 4.78 is 21.2. The Balaban J connectivity index is 1.57. The maximum Gasteiger partial charge on any atom is 0.257 e. The average Bonchev–Trinajstić information content (AvgIpc) is 3.41. The zero-order chi connectivity index (χ0) is 22.1. The van der Waals surface area contributed by atoms with E-state index >= 15 is 0 Å². The second-order valence-electron chi connectivity index (χ2n) is 7.40. The molecule has 0 aliphatic rings. The van der Waals surface area contributed by atoms with E-state index in [1.165, 1.54) is 6.07 Å². The molecule has 0 aliphatic carbocycles. The van der Waals surface area contributed by atoms with Gasteiger partial charge in [-0.2, -0.15) is 0 Å². The number of carbonyl (C=O) groups is 1. The molecule has 0 fully saturated rings. The van der Waals surface area contributed by atoms with E-state index in [1.54, 1.807) is 41.2 Å². The molecule has 3 heterocycles. The zero-order valence-corrected chi connectivity index (χ0v) is 17.1. The number of aryl methyl sites for hydroxylation is 2. The van der Waals surface area contributed by atoms with Crippen LogP contribution in [0.5, 0.6) is 0 Å². The number of furan rings is 1. The molecule has 0 radical (unpaired) electrons. The van der Waals surface area contributed by atoms with Crippen molar-refractivity contribution in [3.8, 4) is 0 Å². The van der Waals surface area contributed by atoms with Crippen LogP contribution in [0.15, 0.2) is 71.3 Å². The summed E-state index contributed by atoms with van der Waals surface area (Å²) in [7, 11) is 0. The molecule has 3 N–H and O–H groups in total. The van der Waals surface area contributed by atoms with Gasteiger partial charge in [0.15, 0.2) is 5.65 Å². The number of hydrogen-bond acceptors (Lipinski definition) is 5. The third-order valence-electron chi connectivity index (χ3n) is 5.38. The monoisotopic (exact) mass is 429 g/mol. The van der Waals surface area contributed by atoms with Crippen LogP contribution in [0, 0.1) is 5.82 Å². The highest BCUT2D eigenvalue weighted by atomic mass is 19.1. The second kappa shape index (κ2) is 8.14. The first-order valence-electron chi connectivity index (χ1n) is 10.2. The Labute approximate surface area is 182 Å². The van der Waals surface area contributed by atoms with Crippen molar-refractivity contribution in [3.63, 3.8) is 0 Å². The zero-order valence-electron chi connectivity index (χ0n) is 17.1. The van der Waals surface area contributed by atoms with Crippen LogP contribution in [0.4, 0.5) is 10.2 Å². The van der Waals surface area contributed by atoms with Crippen molar-refractivity contribution in [1.29, 1.82) is 0 Å². The summed E-state index contributed by atoms with van der Waals surface area (Å²) >= 11 is 0. The number of nitrogens with zero attached hydrogens (tertiary/aromatic N) is 3. The van der Waals surface area contributed by atoms with Gasteiger partial charge in [0.05, 0.1) is 23.8 Å². The van der Waals surface area contributed by atoms with Gasteiger partial charge in [0.25, 0.3) is 5.91 Å². The Bertz CT molecular complexity index is 1430. The van der Waals surface area contributed by atoms with Crippen LogP contribution in [0.25, 0.3) is 22.2 Å². The summed E-state index contributed by atoms with van der Waals surface area (Å²) in [5.41, 5.74) is 9.49. The Morgan fingerprint density at radius 2 is 1.78 bits per heavy atom. The van der Waals surface area contributed by atoms with Gasteiger partial charge in [-0.15, -0.1) is 0 Å². The van der Waals surface area contributed by atoms with Crippen LogP contribution in [0.1, 0.15) is 21.7 Å². The highest BCUT2D eigenvalue weighted by Gasteiger charge is 2.24. The molecule has 0 saturated carbocycles. The largest absolute Gasteiger partial charge is 0.467 e. The van der Waals surface area contributed by atoms with Crippen LogP contribution < -0.4 is 11.1 Å². The highest BCUT2D eigenvalue weighted by Crippen LogP contribution is 2.28. The number of rotatable bonds is 6. The van der Waals surface area contributed by atoms with Gasteiger partial charge in [0.2, 0.25) is 0 Å². The molecule has 1 amide bonds. The summed E-state index contributed by atoms with van der Waals surface area (Å²) in [6, 6.07) is 17.5. The predicted octanol–water partition coefficient (Wildman–Crippen LogP) is 4.07. The third kappa shape index (κ3) is 3.56. The number of nitrogens with one attached hydrogen (secondary N) is 1. The van der Waals surface area contributed by atoms with Gasteiger partial charge < -0.3 is 20.0 Å².